The van der Waals surface area contributed by atoms with E-state index in [1.165, 1.54) is 0 Å². The number of hydrogen-bond donors (Lipinski definition) is 3. The first-order valence-corrected chi connectivity index (χ1v) is 6.50. The van der Waals surface area contributed by atoms with Crippen LogP contribution in [-0.2, 0) is 6.54 Å². The molecule has 0 amide bonds. The highest BCUT2D eigenvalue weighted by atomic mass is 16.5. The Hall–Kier alpha value is -1.26. The third-order valence-electron chi connectivity index (χ3n) is 3.65. The molecule has 0 heterocycles. The Morgan fingerprint density at radius 1 is 1.39 bits per heavy atom. The summed E-state index contributed by atoms with van der Waals surface area (Å²) in [5, 5.41) is 22.8. The molecule has 0 spiro atoms. The molecule has 4 heteroatoms. The zero-order valence-electron chi connectivity index (χ0n) is 10.8. The Morgan fingerprint density at radius 2 is 2.17 bits per heavy atom. The predicted molar refractivity (Wildman–Crippen MR) is 69.8 cm³/mol. The fourth-order valence-electron chi connectivity index (χ4n) is 2.26. The third-order valence-corrected chi connectivity index (χ3v) is 3.65. The van der Waals surface area contributed by atoms with Gasteiger partial charge in [0, 0.05) is 17.6 Å². The fraction of sp³-hybridized carbons (Fsp3) is 0.571. The Bertz CT molecular complexity index is 397. The molecule has 1 aromatic rings. The van der Waals surface area contributed by atoms with Crippen molar-refractivity contribution < 1.29 is 14.9 Å². The summed E-state index contributed by atoms with van der Waals surface area (Å²) in [6, 6.07) is 5.50. The van der Waals surface area contributed by atoms with Gasteiger partial charge in [0.2, 0.25) is 0 Å². The third kappa shape index (κ3) is 2.60. The van der Waals surface area contributed by atoms with E-state index in [1.807, 2.05) is 19.1 Å². The van der Waals surface area contributed by atoms with Crippen molar-refractivity contribution in [3.05, 3.63) is 23.8 Å². The van der Waals surface area contributed by atoms with Crippen LogP contribution in [0.25, 0.3) is 0 Å². The van der Waals surface area contributed by atoms with Crippen LogP contribution < -0.4 is 10.1 Å². The molecule has 1 aliphatic rings. The summed E-state index contributed by atoms with van der Waals surface area (Å²) in [7, 11) is 0. The molecule has 100 valence electrons. The highest BCUT2D eigenvalue weighted by molar-refractivity contribution is 5.45. The molecule has 1 saturated carbocycles. The molecule has 0 atom stereocenters. The minimum Gasteiger partial charge on any atom is -0.504 e. The molecule has 4 nitrogen and oxygen atoms in total. The lowest BCUT2D eigenvalue weighted by Crippen LogP contribution is -2.53. The van der Waals surface area contributed by atoms with Crippen molar-refractivity contribution in [2.75, 3.05) is 13.2 Å². The Labute approximate surface area is 108 Å². The molecular formula is C14H21NO3. The summed E-state index contributed by atoms with van der Waals surface area (Å²) < 4.78 is 5.35. The number of phenolic OH excluding ortho intramolecular Hbond substituents is 1. The minimum absolute atomic E-state index is 0.145. The highest BCUT2D eigenvalue weighted by Crippen LogP contribution is 2.34. The van der Waals surface area contributed by atoms with Gasteiger partial charge in [-0.05, 0) is 32.3 Å². The Balaban J connectivity index is 2.02. The molecule has 2 rings (SSSR count). The lowest BCUT2D eigenvalue weighted by molar-refractivity contribution is 0.0869. The molecule has 3 N–H and O–H groups in total. The van der Waals surface area contributed by atoms with Gasteiger partial charge < -0.3 is 20.3 Å². The van der Waals surface area contributed by atoms with E-state index in [-0.39, 0.29) is 17.9 Å². The zero-order chi connectivity index (χ0) is 13.0. The monoisotopic (exact) mass is 251 g/mol. The second-order valence-electron chi connectivity index (χ2n) is 4.84. The van der Waals surface area contributed by atoms with Gasteiger partial charge in [-0.3, -0.25) is 0 Å². The van der Waals surface area contributed by atoms with Crippen LogP contribution in [-0.4, -0.2) is 29.0 Å². The molecule has 1 aromatic carbocycles. The topological polar surface area (TPSA) is 61.7 Å². The first-order valence-electron chi connectivity index (χ1n) is 6.50. The van der Waals surface area contributed by atoms with Crippen molar-refractivity contribution >= 4 is 0 Å². The first kappa shape index (κ1) is 13.2. The van der Waals surface area contributed by atoms with Gasteiger partial charge in [-0.1, -0.05) is 12.1 Å². The number of aliphatic hydroxyl groups is 1. The second kappa shape index (κ2) is 5.59. The standard InChI is InChI=1S/C14H21NO3/c1-2-18-12-6-3-5-11(13(12)17)9-15-14(10-16)7-4-8-14/h3,5-6,15-17H,2,4,7-10H2,1H3. The van der Waals surface area contributed by atoms with Crippen LogP contribution in [0.2, 0.25) is 0 Å². The van der Waals surface area contributed by atoms with Crippen molar-refractivity contribution in [2.24, 2.45) is 0 Å². The quantitative estimate of drug-likeness (QED) is 0.721. The molecule has 0 aliphatic heterocycles. The number of phenols is 1. The van der Waals surface area contributed by atoms with E-state index in [9.17, 15) is 10.2 Å². The SMILES string of the molecule is CCOc1cccc(CNC2(CO)CCC2)c1O. The molecule has 0 bridgehead atoms. The maximum atomic E-state index is 10.1. The van der Waals surface area contributed by atoms with Crippen LogP contribution in [0.1, 0.15) is 31.7 Å². The lowest BCUT2D eigenvalue weighted by atomic mass is 9.77. The summed E-state index contributed by atoms with van der Waals surface area (Å²) in [5.41, 5.74) is 0.661. The average molecular weight is 251 g/mol. The summed E-state index contributed by atoms with van der Waals surface area (Å²) in [4.78, 5) is 0. The van der Waals surface area contributed by atoms with E-state index in [0.29, 0.717) is 18.9 Å². The average Bonchev–Trinajstić information content (AvgIpc) is 2.33. The van der Waals surface area contributed by atoms with Crippen molar-refractivity contribution in [3.63, 3.8) is 0 Å². The van der Waals surface area contributed by atoms with E-state index in [1.54, 1.807) is 6.07 Å². The summed E-state index contributed by atoms with van der Waals surface area (Å²) in [5.74, 6) is 0.711. The van der Waals surface area contributed by atoms with Crippen LogP contribution in [0.5, 0.6) is 11.5 Å². The highest BCUT2D eigenvalue weighted by Gasteiger charge is 2.35. The molecule has 1 aliphatic carbocycles. The zero-order valence-corrected chi connectivity index (χ0v) is 10.8. The van der Waals surface area contributed by atoms with E-state index < -0.39 is 0 Å². The summed E-state index contributed by atoms with van der Waals surface area (Å²) in [6.07, 6.45) is 3.14. The van der Waals surface area contributed by atoms with E-state index in [2.05, 4.69) is 5.32 Å². The van der Waals surface area contributed by atoms with Crippen molar-refractivity contribution in [2.45, 2.75) is 38.3 Å². The molecular weight excluding hydrogens is 230 g/mol. The Kier molecular flexibility index (Phi) is 4.09. The lowest BCUT2D eigenvalue weighted by Gasteiger charge is -2.41. The maximum absolute atomic E-state index is 10.1. The number of benzene rings is 1. The molecule has 1 fully saturated rings. The number of nitrogens with one attached hydrogen (secondary N) is 1. The Morgan fingerprint density at radius 3 is 2.72 bits per heavy atom. The fourth-order valence-corrected chi connectivity index (χ4v) is 2.26. The van der Waals surface area contributed by atoms with Gasteiger partial charge in [0.1, 0.15) is 0 Å². The van der Waals surface area contributed by atoms with Crippen LogP contribution in [0, 0.1) is 0 Å². The van der Waals surface area contributed by atoms with Crippen molar-refractivity contribution in [3.8, 4) is 11.5 Å². The molecule has 18 heavy (non-hydrogen) atoms. The van der Waals surface area contributed by atoms with Crippen molar-refractivity contribution in [1.82, 2.24) is 5.32 Å². The number of aromatic hydroxyl groups is 1. The van der Waals surface area contributed by atoms with E-state index >= 15 is 0 Å². The number of ether oxygens (including phenoxy) is 1. The normalized spacial score (nSPS) is 17.2. The van der Waals surface area contributed by atoms with Crippen molar-refractivity contribution in [1.29, 1.82) is 0 Å². The van der Waals surface area contributed by atoms with E-state index in [4.69, 9.17) is 4.74 Å². The largest absolute Gasteiger partial charge is 0.504 e. The minimum atomic E-state index is -0.145. The molecule has 0 aromatic heterocycles. The van der Waals surface area contributed by atoms with Gasteiger partial charge in [0.05, 0.1) is 13.2 Å². The second-order valence-corrected chi connectivity index (χ2v) is 4.84. The van der Waals surface area contributed by atoms with Gasteiger partial charge in [0.15, 0.2) is 11.5 Å². The number of rotatable bonds is 6. The van der Waals surface area contributed by atoms with Gasteiger partial charge in [0.25, 0.3) is 0 Å². The smallest absolute Gasteiger partial charge is 0.162 e. The number of para-hydroxylation sites is 1. The first-order chi connectivity index (χ1) is 8.71. The maximum Gasteiger partial charge on any atom is 0.162 e. The van der Waals surface area contributed by atoms with Crippen LogP contribution in [0.3, 0.4) is 0 Å². The summed E-state index contributed by atoms with van der Waals surface area (Å²) in [6.45, 7) is 3.12. The van der Waals surface area contributed by atoms with Gasteiger partial charge in [-0.2, -0.15) is 0 Å². The molecule has 0 radical (unpaired) electrons. The van der Waals surface area contributed by atoms with Gasteiger partial charge in [-0.15, -0.1) is 0 Å². The number of aliphatic hydroxyl groups excluding tert-OH is 1. The summed E-state index contributed by atoms with van der Waals surface area (Å²) >= 11 is 0. The van der Waals surface area contributed by atoms with Crippen LogP contribution in [0.15, 0.2) is 18.2 Å². The predicted octanol–water partition coefficient (Wildman–Crippen LogP) is 1.80. The van der Waals surface area contributed by atoms with Gasteiger partial charge in [-0.25, -0.2) is 0 Å². The van der Waals surface area contributed by atoms with Crippen LogP contribution >= 0.6 is 0 Å². The number of hydrogen-bond acceptors (Lipinski definition) is 4. The molecule has 0 saturated heterocycles. The van der Waals surface area contributed by atoms with Gasteiger partial charge >= 0.3 is 0 Å². The van der Waals surface area contributed by atoms with Crippen LogP contribution in [0.4, 0.5) is 0 Å². The van der Waals surface area contributed by atoms with E-state index in [0.717, 1.165) is 24.8 Å². The molecule has 0 unspecified atom stereocenters.